The number of rotatable bonds is 6. The van der Waals surface area contributed by atoms with Crippen LogP contribution < -0.4 is 0 Å². The van der Waals surface area contributed by atoms with E-state index in [9.17, 15) is 4.79 Å². The zero-order valence-corrected chi connectivity index (χ0v) is 14.5. The number of carbonyl (C=O) groups excluding carboxylic acids is 1. The van der Waals surface area contributed by atoms with Gasteiger partial charge in [-0.3, -0.25) is 4.79 Å². The molecule has 0 bridgehead atoms. The van der Waals surface area contributed by atoms with E-state index in [1.54, 1.807) is 0 Å². The summed E-state index contributed by atoms with van der Waals surface area (Å²) in [5, 5.41) is 1.19. The van der Waals surface area contributed by atoms with Crippen LogP contribution in [0, 0.1) is 11.8 Å². The predicted molar refractivity (Wildman–Crippen MR) is 92.9 cm³/mol. The van der Waals surface area contributed by atoms with Gasteiger partial charge in [-0.05, 0) is 23.5 Å². The maximum atomic E-state index is 12.8. The summed E-state index contributed by atoms with van der Waals surface area (Å²) >= 11 is 0. The molecule has 0 radical (unpaired) electrons. The minimum Gasteiger partial charge on any atom is -0.350 e. The third-order valence-corrected chi connectivity index (χ3v) is 3.84. The van der Waals surface area contributed by atoms with Crippen LogP contribution in [0.3, 0.4) is 0 Å². The van der Waals surface area contributed by atoms with Crippen molar-refractivity contribution in [1.82, 2.24) is 9.47 Å². The second-order valence-corrected chi connectivity index (χ2v) is 7.05. The zero-order valence-electron chi connectivity index (χ0n) is 14.5. The van der Waals surface area contributed by atoms with E-state index < -0.39 is 0 Å². The molecule has 0 saturated heterocycles. The second-order valence-electron chi connectivity index (χ2n) is 7.05. The van der Waals surface area contributed by atoms with Crippen LogP contribution in [-0.2, 0) is 18.3 Å². The van der Waals surface area contributed by atoms with Gasteiger partial charge in [0.25, 0.3) is 0 Å². The number of carbonyl (C=O) groups is 1. The standard InChI is InChI=1S/C19H28N2O/c1-14(2)11-21(12-15(3)4)19(22)10-16-13-20(5)18-9-7-6-8-17(16)18/h6-9,13-15H,10-12H2,1-5H3. The Bertz CT molecular complexity index is 630. The number of amides is 1. The molecule has 0 aliphatic carbocycles. The number of hydrogen-bond donors (Lipinski definition) is 0. The Morgan fingerprint density at radius 3 is 2.27 bits per heavy atom. The largest absolute Gasteiger partial charge is 0.350 e. The number of hydrogen-bond acceptors (Lipinski definition) is 1. The molecule has 3 heteroatoms. The first-order chi connectivity index (χ1) is 10.4. The highest BCUT2D eigenvalue weighted by molar-refractivity contribution is 5.89. The molecule has 2 rings (SSSR count). The van der Waals surface area contributed by atoms with E-state index in [-0.39, 0.29) is 5.91 Å². The van der Waals surface area contributed by atoms with Crippen molar-refractivity contribution < 1.29 is 4.79 Å². The van der Waals surface area contributed by atoms with Gasteiger partial charge in [-0.1, -0.05) is 45.9 Å². The number of nitrogens with zero attached hydrogens (tertiary/aromatic N) is 2. The lowest BCUT2D eigenvalue weighted by Gasteiger charge is -2.26. The van der Waals surface area contributed by atoms with Gasteiger partial charge in [-0.25, -0.2) is 0 Å². The maximum Gasteiger partial charge on any atom is 0.227 e. The highest BCUT2D eigenvalue weighted by Gasteiger charge is 2.18. The highest BCUT2D eigenvalue weighted by atomic mass is 16.2. The van der Waals surface area contributed by atoms with Crippen LogP contribution in [0.15, 0.2) is 30.5 Å². The molecular formula is C19H28N2O. The van der Waals surface area contributed by atoms with E-state index in [4.69, 9.17) is 0 Å². The van der Waals surface area contributed by atoms with Gasteiger partial charge in [0, 0.05) is 37.2 Å². The van der Waals surface area contributed by atoms with Crippen molar-refractivity contribution >= 4 is 16.8 Å². The topological polar surface area (TPSA) is 25.2 Å². The molecular weight excluding hydrogens is 272 g/mol. The molecule has 0 saturated carbocycles. The molecule has 0 N–H and O–H groups in total. The number of aromatic nitrogens is 1. The predicted octanol–water partition coefficient (Wildman–Crippen LogP) is 3.86. The monoisotopic (exact) mass is 300 g/mol. The van der Waals surface area contributed by atoms with Crippen molar-refractivity contribution in [3.05, 3.63) is 36.0 Å². The van der Waals surface area contributed by atoms with E-state index in [1.165, 1.54) is 10.9 Å². The molecule has 1 aromatic heterocycles. The van der Waals surface area contributed by atoms with Gasteiger partial charge in [-0.15, -0.1) is 0 Å². The van der Waals surface area contributed by atoms with E-state index >= 15 is 0 Å². The molecule has 1 heterocycles. The summed E-state index contributed by atoms with van der Waals surface area (Å²) in [7, 11) is 2.04. The third kappa shape index (κ3) is 3.90. The summed E-state index contributed by atoms with van der Waals surface area (Å²) in [6.07, 6.45) is 2.58. The Morgan fingerprint density at radius 1 is 1.09 bits per heavy atom. The van der Waals surface area contributed by atoms with Crippen molar-refractivity contribution in [2.75, 3.05) is 13.1 Å². The van der Waals surface area contributed by atoms with E-state index in [2.05, 4.69) is 50.6 Å². The first-order valence-electron chi connectivity index (χ1n) is 8.19. The summed E-state index contributed by atoms with van der Waals surface area (Å²) in [6.45, 7) is 10.3. The van der Waals surface area contributed by atoms with E-state index in [1.807, 2.05) is 24.1 Å². The van der Waals surface area contributed by atoms with Crippen molar-refractivity contribution in [1.29, 1.82) is 0 Å². The Hall–Kier alpha value is -1.77. The van der Waals surface area contributed by atoms with Crippen molar-refractivity contribution in [3.8, 4) is 0 Å². The molecule has 3 nitrogen and oxygen atoms in total. The molecule has 0 aliphatic heterocycles. The van der Waals surface area contributed by atoms with Crippen LogP contribution in [-0.4, -0.2) is 28.5 Å². The lowest BCUT2D eigenvalue weighted by Crippen LogP contribution is -2.37. The van der Waals surface area contributed by atoms with Gasteiger partial charge < -0.3 is 9.47 Å². The van der Waals surface area contributed by atoms with Crippen LogP contribution in [0.1, 0.15) is 33.3 Å². The smallest absolute Gasteiger partial charge is 0.227 e. The van der Waals surface area contributed by atoms with Gasteiger partial charge in [0.15, 0.2) is 0 Å². The summed E-state index contributed by atoms with van der Waals surface area (Å²) in [5.74, 6) is 1.23. The SMILES string of the molecule is CC(C)CN(CC(C)C)C(=O)Cc1cn(C)c2ccccc12. The lowest BCUT2D eigenvalue weighted by molar-refractivity contribution is -0.131. The molecule has 0 fully saturated rings. The van der Waals surface area contributed by atoms with Gasteiger partial charge >= 0.3 is 0 Å². The van der Waals surface area contributed by atoms with Gasteiger partial charge in [-0.2, -0.15) is 0 Å². The molecule has 1 aromatic carbocycles. The molecule has 0 atom stereocenters. The minimum atomic E-state index is 0.235. The Balaban J connectivity index is 2.20. The third-order valence-electron chi connectivity index (χ3n) is 3.84. The van der Waals surface area contributed by atoms with Crippen molar-refractivity contribution in [2.24, 2.45) is 18.9 Å². The fourth-order valence-corrected chi connectivity index (χ4v) is 3.00. The average Bonchev–Trinajstić information content (AvgIpc) is 2.74. The Labute approximate surface area is 133 Å². The fraction of sp³-hybridized carbons (Fsp3) is 0.526. The van der Waals surface area contributed by atoms with Gasteiger partial charge in [0.05, 0.1) is 6.42 Å². The second kappa shape index (κ2) is 6.99. The Morgan fingerprint density at radius 2 is 1.68 bits per heavy atom. The quantitative estimate of drug-likeness (QED) is 0.795. The minimum absolute atomic E-state index is 0.235. The normalized spacial score (nSPS) is 11.6. The fourth-order valence-electron chi connectivity index (χ4n) is 3.00. The van der Waals surface area contributed by atoms with Crippen LogP contribution in [0.2, 0.25) is 0 Å². The Kier molecular flexibility index (Phi) is 5.28. The molecule has 0 unspecified atom stereocenters. The van der Waals surface area contributed by atoms with Crippen molar-refractivity contribution in [3.63, 3.8) is 0 Å². The zero-order chi connectivity index (χ0) is 16.3. The number of fused-ring (bicyclic) bond motifs is 1. The highest BCUT2D eigenvalue weighted by Crippen LogP contribution is 2.21. The van der Waals surface area contributed by atoms with Gasteiger partial charge in [0.2, 0.25) is 5.91 Å². The number of benzene rings is 1. The lowest BCUT2D eigenvalue weighted by atomic mass is 10.1. The van der Waals surface area contributed by atoms with Crippen molar-refractivity contribution in [2.45, 2.75) is 34.1 Å². The molecule has 1 amide bonds. The number of aryl methyl sites for hydroxylation is 1. The number of para-hydroxylation sites is 1. The average molecular weight is 300 g/mol. The van der Waals surface area contributed by atoms with Crippen LogP contribution in [0.5, 0.6) is 0 Å². The molecule has 2 aromatic rings. The van der Waals surface area contributed by atoms with E-state index in [0.29, 0.717) is 18.3 Å². The van der Waals surface area contributed by atoms with Crippen LogP contribution in [0.25, 0.3) is 10.9 Å². The molecule has 22 heavy (non-hydrogen) atoms. The maximum absolute atomic E-state index is 12.8. The summed E-state index contributed by atoms with van der Waals surface area (Å²) in [4.78, 5) is 14.8. The summed E-state index contributed by atoms with van der Waals surface area (Å²) < 4.78 is 2.10. The van der Waals surface area contributed by atoms with Crippen LogP contribution >= 0.6 is 0 Å². The first-order valence-corrected chi connectivity index (χ1v) is 8.19. The molecule has 120 valence electrons. The molecule has 0 spiro atoms. The van der Waals surface area contributed by atoms with Crippen LogP contribution in [0.4, 0.5) is 0 Å². The van der Waals surface area contributed by atoms with E-state index in [0.717, 1.165) is 18.7 Å². The summed E-state index contributed by atoms with van der Waals surface area (Å²) in [5.41, 5.74) is 2.31. The summed E-state index contributed by atoms with van der Waals surface area (Å²) in [6, 6.07) is 8.28. The first kappa shape index (κ1) is 16.6. The molecule has 0 aliphatic rings. The van der Waals surface area contributed by atoms with Gasteiger partial charge in [0.1, 0.15) is 0 Å².